The van der Waals surface area contributed by atoms with Gasteiger partial charge in [-0.3, -0.25) is 0 Å². The van der Waals surface area contributed by atoms with Crippen LogP contribution in [0.3, 0.4) is 0 Å². The Labute approximate surface area is 89.9 Å². The van der Waals surface area contributed by atoms with Gasteiger partial charge in [-0.1, -0.05) is 12.1 Å². The summed E-state index contributed by atoms with van der Waals surface area (Å²) in [5, 5.41) is 8.94. The Morgan fingerprint density at radius 1 is 1.47 bits per heavy atom. The Balaban J connectivity index is 2.95. The summed E-state index contributed by atoms with van der Waals surface area (Å²) in [6.07, 6.45) is 0.614. The summed E-state index contributed by atoms with van der Waals surface area (Å²) in [6, 6.07) is 4.96. The molecule has 0 saturated carbocycles. The number of aryl methyl sites for hydroxylation is 1. The first-order valence-electron chi connectivity index (χ1n) is 5.18. The van der Waals surface area contributed by atoms with E-state index in [1.54, 1.807) is 19.1 Å². The highest BCUT2D eigenvalue weighted by Gasteiger charge is 2.16. The fourth-order valence-electron chi connectivity index (χ4n) is 1.77. The number of aliphatic hydroxyl groups is 1. The molecule has 1 aromatic rings. The predicted octanol–water partition coefficient (Wildman–Crippen LogP) is 1.95. The van der Waals surface area contributed by atoms with Gasteiger partial charge in [0.05, 0.1) is 0 Å². The molecule has 0 bridgehead atoms. The molecule has 1 aromatic carbocycles. The van der Waals surface area contributed by atoms with Crippen LogP contribution in [0, 0.1) is 12.7 Å². The Hall–Kier alpha value is -0.930. The maximum absolute atomic E-state index is 13.1. The minimum absolute atomic E-state index is 0.0398. The van der Waals surface area contributed by atoms with E-state index >= 15 is 0 Å². The molecule has 0 aromatic heterocycles. The van der Waals surface area contributed by atoms with Crippen LogP contribution in [0.15, 0.2) is 18.2 Å². The predicted molar refractivity (Wildman–Crippen MR) is 59.2 cm³/mol. The lowest BCUT2D eigenvalue weighted by Crippen LogP contribution is -2.25. The van der Waals surface area contributed by atoms with Gasteiger partial charge < -0.3 is 10.8 Å². The van der Waals surface area contributed by atoms with Gasteiger partial charge in [0.1, 0.15) is 5.82 Å². The van der Waals surface area contributed by atoms with E-state index in [2.05, 4.69) is 0 Å². The highest BCUT2D eigenvalue weighted by atomic mass is 19.1. The summed E-state index contributed by atoms with van der Waals surface area (Å²) in [5.41, 5.74) is 7.46. The van der Waals surface area contributed by atoms with Gasteiger partial charge in [-0.15, -0.1) is 0 Å². The SMILES string of the molecule is Cc1cc(C(CCO)C(C)N)ccc1F. The van der Waals surface area contributed by atoms with Crippen molar-refractivity contribution in [1.29, 1.82) is 0 Å². The second kappa shape index (κ2) is 5.24. The third-order valence-corrected chi connectivity index (χ3v) is 2.68. The molecular formula is C12H18FNO. The Morgan fingerprint density at radius 2 is 2.13 bits per heavy atom. The van der Waals surface area contributed by atoms with Crippen LogP contribution >= 0.6 is 0 Å². The normalized spacial score (nSPS) is 15.0. The molecule has 2 nitrogen and oxygen atoms in total. The lowest BCUT2D eigenvalue weighted by Gasteiger charge is -2.20. The van der Waals surface area contributed by atoms with Crippen molar-refractivity contribution in [2.75, 3.05) is 6.61 Å². The van der Waals surface area contributed by atoms with Crippen LogP contribution in [0.2, 0.25) is 0 Å². The standard InChI is InChI=1S/C12H18FNO/c1-8-7-10(3-4-12(8)13)11(5-6-15)9(2)14/h3-4,7,9,11,15H,5-6,14H2,1-2H3. The number of halogens is 1. The maximum Gasteiger partial charge on any atom is 0.126 e. The Kier molecular flexibility index (Phi) is 4.24. The molecule has 0 heterocycles. The lowest BCUT2D eigenvalue weighted by atomic mass is 9.89. The van der Waals surface area contributed by atoms with Crippen LogP contribution < -0.4 is 5.73 Å². The van der Waals surface area contributed by atoms with Crippen molar-refractivity contribution < 1.29 is 9.50 Å². The zero-order valence-corrected chi connectivity index (χ0v) is 9.20. The van der Waals surface area contributed by atoms with Crippen molar-refractivity contribution in [1.82, 2.24) is 0 Å². The fourth-order valence-corrected chi connectivity index (χ4v) is 1.77. The first-order valence-corrected chi connectivity index (χ1v) is 5.18. The topological polar surface area (TPSA) is 46.2 Å². The molecule has 0 saturated heterocycles. The molecule has 2 unspecified atom stereocenters. The third-order valence-electron chi connectivity index (χ3n) is 2.68. The van der Waals surface area contributed by atoms with Crippen LogP contribution in [0.5, 0.6) is 0 Å². The Bertz CT molecular complexity index is 325. The van der Waals surface area contributed by atoms with Gasteiger partial charge in [-0.2, -0.15) is 0 Å². The Morgan fingerprint density at radius 3 is 2.60 bits per heavy atom. The largest absolute Gasteiger partial charge is 0.396 e. The molecule has 2 atom stereocenters. The first kappa shape index (κ1) is 12.1. The summed E-state index contributed by atoms with van der Waals surface area (Å²) < 4.78 is 13.1. The number of hydrogen-bond donors (Lipinski definition) is 2. The molecule has 84 valence electrons. The second-order valence-corrected chi connectivity index (χ2v) is 3.99. The molecule has 3 heteroatoms. The first-order chi connectivity index (χ1) is 7.06. The molecule has 0 radical (unpaired) electrons. The van der Waals surface area contributed by atoms with Gasteiger partial charge in [0.25, 0.3) is 0 Å². The quantitative estimate of drug-likeness (QED) is 0.799. The van der Waals surface area contributed by atoms with E-state index in [0.717, 1.165) is 5.56 Å². The van der Waals surface area contributed by atoms with E-state index in [1.165, 1.54) is 6.07 Å². The molecule has 0 fully saturated rings. The van der Waals surface area contributed by atoms with Gasteiger partial charge in [-0.25, -0.2) is 4.39 Å². The van der Waals surface area contributed by atoms with Gasteiger partial charge >= 0.3 is 0 Å². The molecule has 0 aliphatic carbocycles. The van der Waals surface area contributed by atoms with Crippen molar-refractivity contribution in [3.63, 3.8) is 0 Å². The van der Waals surface area contributed by atoms with Crippen molar-refractivity contribution >= 4 is 0 Å². The van der Waals surface area contributed by atoms with Crippen molar-refractivity contribution in [2.45, 2.75) is 32.2 Å². The molecule has 0 spiro atoms. The van der Waals surface area contributed by atoms with E-state index in [1.807, 2.05) is 6.92 Å². The van der Waals surface area contributed by atoms with E-state index in [0.29, 0.717) is 12.0 Å². The minimum atomic E-state index is -0.203. The highest BCUT2D eigenvalue weighted by Crippen LogP contribution is 2.24. The van der Waals surface area contributed by atoms with Crippen LogP contribution in [-0.4, -0.2) is 17.8 Å². The number of hydrogen-bond acceptors (Lipinski definition) is 2. The molecule has 0 aliphatic rings. The number of aliphatic hydroxyl groups excluding tert-OH is 1. The van der Waals surface area contributed by atoms with Gasteiger partial charge in [0, 0.05) is 18.6 Å². The fraction of sp³-hybridized carbons (Fsp3) is 0.500. The molecule has 3 N–H and O–H groups in total. The average Bonchev–Trinajstić information content (AvgIpc) is 2.18. The summed E-state index contributed by atoms with van der Waals surface area (Å²) in [7, 11) is 0. The van der Waals surface area contributed by atoms with Crippen LogP contribution in [0.1, 0.15) is 30.4 Å². The van der Waals surface area contributed by atoms with E-state index in [-0.39, 0.29) is 24.4 Å². The van der Waals surface area contributed by atoms with E-state index in [9.17, 15) is 4.39 Å². The number of rotatable bonds is 4. The molecule has 1 rings (SSSR count). The maximum atomic E-state index is 13.1. The summed E-state index contributed by atoms with van der Waals surface area (Å²) in [4.78, 5) is 0. The van der Waals surface area contributed by atoms with Gasteiger partial charge in [0.2, 0.25) is 0 Å². The summed E-state index contributed by atoms with van der Waals surface area (Å²) >= 11 is 0. The van der Waals surface area contributed by atoms with E-state index in [4.69, 9.17) is 10.8 Å². The van der Waals surface area contributed by atoms with Crippen molar-refractivity contribution in [2.24, 2.45) is 5.73 Å². The number of nitrogens with two attached hydrogens (primary N) is 1. The third kappa shape index (κ3) is 3.01. The van der Waals surface area contributed by atoms with Crippen LogP contribution in [0.25, 0.3) is 0 Å². The summed E-state index contributed by atoms with van der Waals surface area (Å²) in [6.45, 7) is 3.73. The van der Waals surface area contributed by atoms with Crippen LogP contribution in [-0.2, 0) is 0 Å². The van der Waals surface area contributed by atoms with Gasteiger partial charge in [-0.05, 0) is 37.5 Å². The highest BCUT2D eigenvalue weighted by molar-refractivity contribution is 5.27. The average molecular weight is 211 g/mol. The smallest absolute Gasteiger partial charge is 0.126 e. The number of benzene rings is 1. The van der Waals surface area contributed by atoms with E-state index < -0.39 is 0 Å². The zero-order valence-electron chi connectivity index (χ0n) is 9.20. The monoisotopic (exact) mass is 211 g/mol. The van der Waals surface area contributed by atoms with Crippen LogP contribution in [0.4, 0.5) is 4.39 Å². The molecule has 15 heavy (non-hydrogen) atoms. The second-order valence-electron chi connectivity index (χ2n) is 3.99. The molecular weight excluding hydrogens is 193 g/mol. The minimum Gasteiger partial charge on any atom is -0.396 e. The molecule has 0 aliphatic heterocycles. The van der Waals surface area contributed by atoms with Gasteiger partial charge in [0.15, 0.2) is 0 Å². The van der Waals surface area contributed by atoms with Crippen molar-refractivity contribution in [3.05, 3.63) is 35.1 Å². The summed E-state index contributed by atoms with van der Waals surface area (Å²) in [5.74, 6) is -0.111. The lowest BCUT2D eigenvalue weighted by molar-refractivity contribution is 0.269. The van der Waals surface area contributed by atoms with Crippen molar-refractivity contribution in [3.8, 4) is 0 Å². The zero-order chi connectivity index (χ0) is 11.4. The molecule has 0 amide bonds.